The van der Waals surface area contributed by atoms with Gasteiger partial charge < -0.3 is 19.8 Å². The first-order chi connectivity index (χ1) is 11.7. The monoisotopic (exact) mass is 376 g/mol. The second-order valence-corrected chi connectivity index (χ2v) is 6.74. The second kappa shape index (κ2) is 6.73. The van der Waals surface area contributed by atoms with Gasteiger partial charge in [0.2, 0.25) is 11.0 Å². The summed E-state index contributed by atoms with van der Waals surface area (Å²) in [5, 5.41) is 29.3. The van der Waals surface area contributed by atoms with E-state index >= 15 is 0 Å². The number of aromatic nitrogens is 3. The van der Waals surface area contributed by atoms with E-state index in [-0.39, 0.29) is 19.0 Å². The average molecular weight is 376 g/mol. The lowest BCUT2D eigenvalue weighted by atomic mass is 10.0. The first kappa shape index (κ1) is 17.8. The standard InChI is InChI=1S/C14H15F3N4O3S/c1-7-19-20-13(25-7)21-5-8(22)12(23)9(6-21)24-11-4-2-3-10(18-11)14(15,16)17/h2-4,8-9,12,22-23H,5-6H2,1H3/t8-,9-,12-/m0/s1. The van der Waals surface area contributed by atoms with E-state index in [1.54, 1.807) is 11.8 Å². The van der Waals surface area contributed by atoms with Crippen molar-refractivity contribution in [3.05, 3.63) is 28.9 Å². The maximum Gasteiger partial charge on any atom is 0.433 e. The van der Waals surface area contributed by atoms with Gasteiger partial charge in [-0.25, -0.2) is 4.98 Å². The molecular formula is C14H15F3N4O3S. The summed E-state index contributed by atoms with van der Waals surface area (Å²) in [5.74, 6) is -0.277. The maximum absolute atomic E-state index is 12.7. The summed E-state index contributed by atoms with van der Waals surface area (Å²) >= 11 is 1.30. The van der Waals surface area contributed by atoms with Gasteiger partial charge in [-0.3, -0.25) is 0 Å². The highest BCUT2D eigenvalue weighted by Gasteiger charge is 2.38. The van der Waals surface area contributed by atoms with Crippen LogP contribution in [0.5, 0.6) is 5.88 Å². The number of halogens is 3. The third-order valence-corrected chi connectivity index (χ3v) is 4.55. The number of alkyl halides is 3. The Hall–Kier alpha value is -1.98. The van der Waals surface area contributed by atoms with Gasteiger partial charge in [0, 0.05) is 12.6 Å². The molecule has 0 saturated carbocycles. The normalized spacial score (nSPS) is 24.4. The molecule has 136 valence electrons. The van der Waals surface area contributed by atoms with E-state index in [0.717, 1.165) is 11.1 Å². The lowest BCUT2D eigenvalue weighted by Gasteiger charge is -2.38. The Kier molecular flexibility index (Phi) is 4.80. The van der Waals surface area contributed by atoms with Crippen molar-refractivity contribution in [3.8, 4) is 5.88 Å². The molecule has 0 aromatic carbocycles. The van der Waals surface area contributed by atoms with Crippen molar-refractivity contribution in [2.24, 2.45) is 0 Å². The largest absolute Gasteiger partial charge is 0.470 e. The topological polar surface area (TPSA) is 91.6 Å². The highest BCUT2D eigenvalue weighted by atomic mass is 32.1. The number of anilines is 1. The van der Waals surface area contributed by atoms with Gasteiger partial charge in [-0.1, -0.05) is 17.4 Å². The molecule has 1 aliphatic heterocycles. The molecule has 3 atom stereocenters. The van der Waals surface area contributed by atoms with E-state index in [9.17, 15) is 23.4 Å². The smallest absolute Gasteiger partial charge is 0.433 e. The molecule has 0 amide bonds. The van der Waals surface area contributed by atoms with Gasteiger partial charge in [0.05, 0.1) is 6.54 Å². The molecule has 3 heterocycles. The quantitative estimate of drug-likeness (QED) is 0.833. The number of rotatable bonds is 3. The first-order valence-corrected chi connectivity index (χ1v) is 8.18. The van der Waals surface area contributed by atoms with E-state index in [1.165, 1.54) is 23.5 Å². The predicted molar refractivity (Wildman–Crippen MR) is 82.5 cm³/mol. The van der Waals surface area contributed by atoms with Gasteiger partial charge in [-0.05, 0) is 13.0 Å². The Labute approximate surface area is 144 Å². The van der Waals surface area contributed by atoms with E-state index in [4.69, 9.17) is 4.74 Å². The van der Waals surface area contributed by atoms with Crippen molar-refractivity contribution >= 4 is 16.5 Å². The minimum atomic E-state index is -4.60. The number of pyridine rings is 1. The number of piperidine rings is 1. The molecule has 1 saturated heterocycles. The van der Waals surface area contributed by atoms with Crippen LogP contribution in [0.1, 0.15) is 10.7 Å². The molecule has 0 radical (unpaired) electrons. The third-order valence-electron chi connectivity index (χ3n) is 3.65. The summed E-state index contributed by atoms with van der Waals surface area (Å²) in [4.78, 5) is 5.08. The van der Waals surface area contributed by atoms with Crippen molar-refractivity contribution in [1.29, 1.82) is 0 Å². The second-order valence-electron chi connectivity index (χ2n) is 5.58. The van der Waals surface area contributed by atoms with Crippen LogP contribution in [0.4, 0.5) is 18.3 Å². The molecule has 2 aromatic rings. The molecule has 1 fully saturated rings. The number of hydrogen-bond acceptors (Lipinski definition) is 8. The summed E-state index contributed by atoms with van der Waals surface area (Å²) < 4.78 is 43.7. The molecule has 2 N–H and O–H groups in total. The van der Waals surface area contributed by atoms with Gasteiger partial charge in [0.15, 0.2) is 0 Å². The molecule has 0 bridgehead atoms. The molecular weight excluding hydrogens is 361 g/mol. The average Bonchev–Trinajstić information content (AvgIpc) is 2.97. The van der Waals surface area contributed by atoms with E-state index in [0.29, 0.717) is 5.13 Å². The number of β-amino-alcohol motifs (C(OH)–C–C–N with tert-alkyl or cyclic N) is 1. The third kappa shape index (κ3) is 3.99. The zero-order chi connectivity index (χ0) is 18.2. The van der Waals surface area contributed by atoms with Crippen LogP contribution in [-0.4, -0.2) is 56.8 Å². The summed E-state index contributed by atoms with van der Waals surface area (Å²) in [6.45, 7) is 2.02. The highest BCUT2D eigenvalue weighted by Crippen LogP contribution is 2.30. The van der Waals surface area contributed by atoms with Crippen LogP contribution in [-0.2, 0) is 6.18 Å². The van der Waals surface area contributed by atoms with Gasteiger partial charge in [0.25, 0.3) is 0 Å². The fourth-order valence-electron chi connectivity index (χ4n) is 2.45. The SMILES string of the molecule is Cc1nnc(N2C[C@H](Oc3cccc(C(F)(F)F)n3)[C@@H](O)[C@@H](O)C2)s1. The van der Waals surface area contributed by atoms with Crippen molar-refractivity contribution in [1.82, 2.24) is 15.2 Å². The van der Waals surface area contributed by atoms with Gasteiger partial charge in [-0.2, -0.15) is 13.2 Å². The number of hydrogen-bond donors (Lipinski definition) is 2. The Morgan fingerprint density at radius 1 is 1.24 bits per heavy atom. The first-order valence-electron chi connectivity index (χ1n) is 7.36. The molecule has 25 heavy (non-hydrogen) atoms. The van der Waals surface area contributed by atoms with Crippen LogP contribution >= 0.6 is 11.3 Å². The fraction of sp³-hybridized carbons (Fsp3) is 0.500. The number of nitrogens with zero attached hydrogens (tertiary/aromatic N) is 4. The zero-order valence-electron chi connectivity index (χ0n) is 13.0. The van der Waals surface area contributed by atoms with Gasteiger partial charge in [-0.15, -0.1) is 10.2 Å². The van der Waals surface area contributed by atoms with E-state index in [1.807, 2.05) is 0 Å². The van der Waals surface area contributed by atoms with Crippen molar-refractivity contribution in [3.63, 3.8) is 0 Å². The molecule has 7 nitrogen and oxygen atoms in total. The summed E-state index contributed by atoms with van der Waals surface area (Å²) in [7, 11) is 0. The lowest BCUT2D eigenvalue weighted by Crippen LogP contribution is -2.57. The number of aryl methyl sites for hydroxylation is 1. The van der Waals surface area contributed by atoms with Crippen molar-refractivity contribution in [2.45, 2.75) is 31.4 Å². The molecule has 0 unspecified atom stereocenters. The fourth-order valence-corrected chi connectivity index (χ4v) is 3.16. The van der Waals surface area contributed by atoms with Crippen LogP contribution in [0, 0.1) is 6.92 Å². The summed E-state index contributed by atoms with van der Waals surface area (Å²) in [6, 6.07) is 3.26. The Bertz CT molecular complexity index is 742. The van der Waals surface area contributed by atoms with Crippen LogP contribution in [0.15, 0.2) is 18.2 Å². The number of aliphatic hydroxyl groups excluding tert-OH is 2. The van der Waals surface area contributed by atoms with Gasteiger partial charge in [0.1, 0.15) is 29.0 Å². The number of aliphatic hydroxyl groups is 2. The Balaban J connectivity index is 1.78. The molecule has 0 aliphatic carbocycles. The predicted octanol–water partition coefficient (Wildman–Crippen LogP) is 1.25. The minimum Gasteiger partial charge on any atom is -0.470 e. The Morgan fingerprint density at radius 2 is 2.00 bits per heavy atom. The molecule has 3 rings (SSSR count). The molecule has 1 aliphatic rings. The van der Waals surface area contributed by atoms with E-state index < -0.39 is 30.2 Å². The van der Waals surface area contributed by atoms with Crippen molar-refractivity contribution in [2.75, 3.05) is 18.0 Å². The molecule has 2 aromatic heterocycles. The Morgan fingerprint density at radius 3 is 2.64 bits per heavy atom. The van der Waals surface area contributed by atoms with E-state index in [2.05, 4.69) is 15.2 Å². The maximum atomic E-state index is 12.7. The minimum absolute atomic E-state index is 0.117. The lowest BCUT2D eigenvalue weighted by molar-refractivity contribution is -0.141. The zero-order valence-corrected chi connectivity index (χ0v) is 13.8. The van der Waals surface area contributed by atoms with Crippen LogP contribution in [0.25, 0.3) is 0 Å². The van der Waals surface area contributed by atoms with Crippen LogP contribution < -0.4 is 9.64 Å². The van der Waals surface area contributed by atoms with Crippen molar-refractivity contribution < 1.29 is 28.1 Å². The van der Waals surface area contributed by atoms with Gasteiger partial charge >= 0.3 is 6.18 Å². The molecule has 0 spiro atoms. The highest BCUT2D eigenvalue weighted by molar-refractivity contribution is 7.15. The van der Waals surface area contributed by atoms with Crippen LogP contribution in [0.2, 0.25) is 0 Å². The summed E-state index contributed by atoms with van der Waals surface area (Å²) in [6.07, 6.45) is -7.97. The van der Waals surface area contributed by atoms with Crippen LogP contribution in [0.3, 0.4) is 0 Å². The summed E-state index contributed by atoms with van der Waals surface area (Å²) in [5.41, 5.74) is -1.09. The number of ether oxygens (including phenoxy) is 1. The molecule has 11 heteroatoms.